The summed E-state index contributed by atoms with van der Waals surface area (Å²) in [5, 5.41) is 3.67. The maximum absolute atomic E-state index is 5.87. The first-order valence-corrected chi connectivity index (χ1v) is 4.80. The van der Waals surface area contributed by atoms with Gasteiger partial charge in [-0.2, -0.15) is 0 Å². The quantitative estimate of drug-likeness (QED) is 0.814. The first-order valence-electron chi connectivity index (χ1n) is 4.42. The molecule has 0 fully saturated rings. The predicted octanol–water partition coefficient (Wildman–Crippen LogP) is 1.82. The molecule has 0 aliphatic heterocycles. The van der Waals surface area contributed by atoms with E-state index in [1.54, 1.807) is 13.3 Å². The minimum absolute atomic E-state index is 0.422. The van der Waals surface area contributed by atoms with Crippen LogP contribution in [0.5, 0.6) is 0 Å². The molecule has 5 heteroatoms. The highest BCUT2D eigenvalue weighted by Gasteiger charge is 2.04. The number of halogens is 1. The van der Waals surface area contributed by atoms with Crippen LogP contribution in [0.2, 0.25) is 5.02 Å². The van der Waals surface area contributed by atoms with Crippen molar-refractivity contribution in [3.8, 4) is 0 Å². The van der Waals surface area contributed by atoms with E-state index >= 15 is 0 Å². The summed E-state index contributed by atoms with van der Waals surface area (Å²) in [6.07, 6.45) is 3.03. The van der Waals surface area contributed by atoms with E-state index in [0.29, 0.717) is 16.8 Å². The van der Waals surface area contributed by atoms with E-state index in [9.17, 15) is 0 Å². The van der Waals surface area contributed by atoms with Gasteiger partial charge >= 0.3 is 0 Å². The molecule has 4 nitrogen and oxygen atoms in total. The molecule has 1 aromatic heterocycles. The van der Waals surface area contributed by atoms with Crippen molar-refractivity contribution in [2.45, 2.75) is 6.92 Å². The second-order valence-corrected chi connectivity index (χ2v) is 3.57. The molecule has 14 heavy (non-hydrogen) atoms. The van der Waals surface area contributed by atoms with Crippen LogP contribution in [-0.2, 0) is 4.74 Å². The SMILES string of the molecule is COCC(C)CNc1ncncc1Cl. The first kappa shape index (κ1) is 11.2. The lowest BCUT2D eigenvalue weighted by Gasteiger charge is -2.12. The van der Waals surface area contributed by atoms with E-state index in [2.05, 4.69) is 22.2 Å². The van der Waals surface area contributed by atoms with Crippen molar-refractivity contribution < 1.29 is 4.74 Å². The van der Waals surface area contributed by atoms with Gasteiger partial charge in [0.2, 0.25) is 0 Å². The van der Waals surface area contributed by atoms with Crippen LogP contribution in [0.15, 0.2) is 12.5 Å². The molecule has 1 N–H and O–H groups in total. The van der Waals surface area contributed by atoms with Gasteiger partial charge in [0.15, 0.2) is 0 Å². The van der Waals surface area contributed by atoms with Crippen LogP contribution in [0.1, 0.15) is 6.92 Å². The minimum Gasteiger partial charge on any atom is -0.384 e. The molecule has 0 bridgehead atoms. The van der Waals surface area contributed by atoms with E-state index < -0.39 is 0 Å². The maximum Gasteiger partial charge on any atom is 0.148 e. The largest absolute Gasteiger partial charge is 0.384 e. The van der Waals surface area contributed by atoms with Crippen LogP contribution in [-0.4, -0.2) is 30.2 Å². The molecule has 78 valence electrons. The highest BCUT2D eigenvalue weighted by molar-refractivity contribution is 6.32. The Morgan fingerprint density at radius 1 is 1.64 bits per heavy atom. The second-order valence-electron chi connectivity index (χ2n) is 3.16. The number of hydrogen-bond donors (Lipinski definition) is 1. The van der Waals surface area contributed by atoms with E-state index in [-0.39, 0.29) is 0 Å². The van der Waals surface area contributed by atoms with Crippen molar-refractivity contribution in [2.24, 2.45) is 5.92 Å². The van der Waals surface area contributed by atoms with Gasteiger partial charge in [0.1, 0.15) is 17.2 Å². The fourth-order valence-electron chi connectivity index (χ4n) is 1.06. The van der Waals surface area contributed by atoms with Gasteiger partial charge in [-0.15, -0.1) is 0 Å². The molecule has 0 saturated carbocycles. The lowest BCUT2D eigenvalue weighted by Crippen LogP contribution is -2.16. The average Bonchev–Trinajstić information content (AvgIpc) is 2.17. The topological polar surface area (TPSA) is 47.0 Å². The van der Waals surface area contributed by atoms with Crippen molar-refractivity contribution in [1.29, 1.82) is 0 Å². The van der Waals surface area contributed by atoms with Crippen LogP contribution < -0.4 is 5.32 Å². The molecular formula is C9H14ClN3O. The summed E-state index contributed by atoms with van der Waals surface area (Å²) in [6.45, 7) is 3.59. The number of hydrogen-bond acceptors (Lipinski definition) is 4. The molecule has 1 rings (SSSR count). The number of aromatic nitrogens is 2. The highest BCUT2D eigenvalue weighted by atomic mass is 35.5. The molecule has 1 aromatic rings. The van der Waals surface area contributed by atoms with Crippen molar-refractivity contribution in [2.75, 3.05) is 25.6 Å². The number of ether oxygens (including phenoxy) is 1. The molecule has 1 atom stereocenters. The molecule has 0 aliphatic carbocycles. The molecule has 0 aliphatic rings. The molecular weight excluding hydrogens is 202 g/mol. The summed E-state index contributed by atoms with van der Waals surface area (Å²) >= 11 is 5.87. The minimum atomic E-state index is 0.422. The van der Waals surface area contributed by atoms with E-state index in [0.717, 1.165) is 13.2 Å². The van der Waals surface area contributed by atoms with E-state index in [1.165, 1.54) is 6.33 Å². The number of anilines is 1. The standard InChI is InChI=1S/C9H14ClN3O/c1-7(5-14-2)3-12-9-8(10)4-11-6-13-9/h4,6-7H,3,5H2,1-2H3,(H,11,12,13). The zero-order valence-corrected chi connectivity index (χ0v) is 9.08. The number of rotatable bonds is 5. The Morgan fingerprint density at radius 3 is 3.07 bits per heavy atom. The summed E-state index contributed by atoms with van der Waals surface area (Å²) in [6, 6.07) is 0. The van der Waals surface area contributed by atoms with Crippen molar-refractivity contribution >= 4 is 17.4 Å². The highest BCUT2D eigenvalue weighted by Crippen LogP contribution is 2.16. The normalized spacial score (nSPS) is 12.5. The lowest BCUT2D eigenvalue weighted by atomic mass is 10.2. The van der Waals surface area contributed by atoms with Gasteiger partial charge < -0.3 is 10.1 Å². The fraction of sp³-hybridized carbons (Fsp3) is 0.556. The Labute approximate surface area is 88.7 Å². The zero-order valence-electron chi connectivity index (χ0n) is 8.33. The molecule has 0 spiro atoms. The fourth-order valence-corrected chi connectivity index (χ4v) is 1.23. The van der Waals surface area contributed by atoms with Crippen LogP contribution in [0.3, 0.4) is 0 Å². The lowest BCUT2D eigenvalue weighted by molar-refractivity contribution is 0.164. The van der Waals surface area contributed by atoms with Gasteiger partial charge in [-0.3, -0.25) is 0 Å². The summed E-state index contributed by atoms with van der Waals surface area (Å²) in [5.41, 5.74) is 0. The maximum atomic E-state index is 5.87. The Bertz CT molecular complexity index is 283. The monoisotopic (exact) mass is 215 g/mol. The number of nitrogens with zero attached hydrogens (tertiary/aromatic N) is 2. The van der Waals surface area contributed by atoms with Gasteiger partial charge in [0.25, 0.3) is 0 Å². The van der Waals surface area contributed by atoms with Crippen LogP contribution in [0.25, 0.3) is 0 Å². The third-order valence-electron chi connectivity index (χ3n) is 1.74. The van der Waals surface area contributed by atoms with Crippen LogP contribution in [0.4, 0.5) is 5.82 Å². The smallest absolute Gasteiger partial charge is 0.148 e. The van der Waals surface area contributed by atoms with Crippen molar-refractivity contribution in [3.63, 3.8) is 0 Å². The van der Waals surface area contributed by atoms with Gasteiger partial charge in [-0.25, -0.2) is 9.97 Å². The van der Waals surface area contributed by atoms with E-state index in [1.807, 2.05) is 0 Å². The number of nitrogens with one attached hydrogen (secondary N) is 1. The van der Waals surface area contributed by atoms with Gasteiger partial charge in [-0.05, 0) is 5.92 Å². The van der Waals surface area contributed by atoms with E-state index in [4.69, 9.17) is 16.3 Å². The molecule has 0 aromatic carbocycles. The Kier molecular flexibility index (Phi) is 4.62. The molecule has 0 radical (unpaired) electrons. The van der Waals surface area contributed by atoms with Crippen LogP contribution in [0, 0.1) is 5.92 Å². The Morgan fingerprint density at radius 2 is 2.43 bits per heavy atom. The molecule has 0 saturated heterocycles. The predicted molar refractivity (Wildman–Crippen MR) is 56.6 cm³/mol. The van der Waals surface area contributed by atoms with Crippen molar-refractivity contribution in [1.82, 2.24) is 9.97 Å². The summed E-state index contributed by atoms with van der Waals surface area (Å²) in [4.78, 5) is 7.82. The molecule has 1 heterocycles. The summed E-state index contributed by atoms with van der Waals surface area (Å²) < 4.78 is 5.02. The van der Waals surface area contributed by atoms with Gasteiger partial charge in [0, 0.05) is 13.7 Å². The van der Waals surface area contributed by atoms with Crippen molar-refractivity contribution in [3.05, 3.63) is 17.5 Å². The third kappa shape index (κ3) is 3.47. The number of methoxy groups -OCH3 is 1. The van der Waals surface area contributed by atoms with Gasteiger partial charge in [0.05, 0.1) is 12.8 Å². The summed E-state index contributed by atoms with van der Waals surface area (Å²) in [5.74, 6) is 1.09. The second kappa shape index (κ2) is 5.78. The first-order chi connectivity index (χ1) is 6.74. The van der Waals surface area contributed by atoms with Crippen LogP contribution >= 0.6 is 11.6 Å². The zero-order chi connectivity index (χ0) is 10.4. The third-order valence-corrected chi connectivity index (χ3v) is 2.01. The van der Waals surface area contributed by atoms with Gasteiger partial charge in [-0.1, -0.05) is 18.5 Å². The Balaban J connectivity index is 2.41. The summed E-state index contributed by atoms with van der Waals surface area (Å²) in [7, 11) is 1.69. The average molecular weight is 216 g/mol. The molecule has 0 amide bonds. The molecule has 1 unspecified atom stereocenters. The Hall–Kier alpha value is -0.870.